The molecule has 9 rings (SSSR count). The van der Waals surface area contributed by atoms with Crippen LogP contribution in [0.1, 0.15) is 22.8 Å². The quantitative estimate of drug-likeness (QED) is 0.150. The Labute approximate surface area is 283 Å². The number of nitrogens with one attached hydrogen (secondary N) is 2. The zero-order chi connectivity index (χ0) is 32.7. The van der Waals surface area contributed by atoms with Gasteiger partial charge in [-0.25, -0.2) is 4.98 Å². The summed E-state index contributed by atoms with van der Waals surface area (Å²) in [5, 5.41) is 14.7. The van der Waals surface area contributed by atoms with Crippen molar-refractivity contribution in [2.24, 2.45) is 0 Å². The van der Waals surface area contributed by atoms with Gasteiger partial charge in [-0.2, -0.15) is 4.73 Å². The minimum absolute atomic E-state index is 0.563. The van der Waals surface area contributed by atoms with E-state index in [-0.39, 0.29) is 0 Å². The molecule has 0 saturated heterocycles. The fraction of sp³-hybridized carbons (Fsp3) is 0. The summed E-state index contributed by atoms with van der Waals surface area (Å²) in [5.41, 5.74) is 13.9. The fourth-order valence-electron chi connectivity index (χ4n) is 6.99. The standard InChI is InChI=1S/C44H30N4O/c49-48-39-27-28-40(48)44(32-19-11-4-12-20-32)38-26-24-36(47-38)42(30-15-7-2-8-16-30)34-22-21-33(45-34)41(29-13-5-1-6-14-29)35-23-25-37(46-35)43(39)31-17-9-3-10-18-31/h1-28,46-47H. The summed E-state index contributed by atoms with van der Waals surface area (Å²) in [7, 11) is 0. The first-order chi connectivity index (χ1) is 24.2. The molecule has 2 aliphatic rings. The highest BCUT2D eigenvalue weighted by atomic mass is 16.5. The number of rotatable bonds is 4. The zero-order valence-electron chi connectivity index (χ0n) is 26.5. The van der Waals surface area contributed by atoms with Crippen LogP contribution in [0.15, 0.2) is 146 Å². The van der Waals surface area contributed by atoms with Crippen molar-refractivity contribution in [1.82, 2.24) is 15.0 Å². The van der Waals surface area contributed by atoms with Gasteiger partial charge in [-0.15, -0.1) is 0 Å². The minimum atomic E-state index is 0.563. The normalized spacial score (nSPS) is 12.0. The topological polar surface area (TPSA) is 71.4 Å². The molecule has 49 heavy (non-hydrogen) atoms. The van der Waals surface area contributed by atoms with Crippen molar-refractivity contribution in [3.05, 3.63) is 174 Å². The first kappa shape index (κ1) is 28.5. The Balaban J connectivity index is 1.51. The van der Waals surface area contributed by atoms with Crippen LogP contribution in [0.5, 0.6) is 0 Å². The number of aromatic nitrogens is 4. The maximum absolute atomic E-state index is 14.7. The number of hydrogen-bond donors (Lipinski definition) is 2. The van der Waals surface area contributed by atoms with Gasteiger partial charge < -0.3 is 15.2 Å². The predicted octanol–water partition coefficient (Wildman–Crippen LogP) is 10.6. The molecule has 0 radical (unpaired) electrons. The zero-order valence-corrected chi connectivity index (χ0v) is 26.5. The number of H-pyrrole nitrogens is 2. The average molecular weight is 631 g/mol. The average Bonchev–Trinajstić information content (AvgIpc) is 3.98. The van der Waals surface area contributed by atoms with Gasteiger partial charge in [0.2, 0.25) is 11.4 Å². The van der Waals surface area contributed by atoms with Crippen molar-refractivity contribution in [3.8, 4) is 44.5 Å². The highest BCUT2D eigenvalue weighted by molar-refractivity contribution is 5.99. The van der Waals surface area contributed by atoms with E-state index in [4.69, 9.17) is 4.98 Å². The van der Waals surface area contributed by atoms with E-state index in [1.807, 2.05) is 109 Å². The Bertz CT molecular complexity index is 2410. The van der Waals surface area contributed by atoms with Crippen LogP contribution in [0, 0.1) is 5.21 Å². The molecular weight excluding hydrogens is 601 g/mol. The van der Waals surface area contributed by atoms with E-state index in [2.05, 4.69) is 70.7 Å². The van der Waals surface area contributed by atoms with Crippen LogP contribution in [0.3, 0.4) is 0 Å². The molecule has 8 bridgehead atoms. The molecule has 7 aromatic rings. The second-order valence-electron chi connectivity index (χ2n) is 12.1. The predicted molar refractivity (Wildman–Crippen MR) is 202 cm³/mol. The van der Waals surface area contributed by atoms with Gasteiger partial charge in [-0.05, 0) is 58.7 Å². The van der Waals surface area contributed by atoms with Crippen LogP contribution in [0.4, 0.5) is 0 Å². The highest BCUT2D eigenvalue weighted by Gasteiger charge is 2.24. The number of nitrogens with zero attached hydrogens (tertiary/aromatic N) is 2. The van der Waals surface area contributed by atoms with E-state index < -0.39 is 0 Å². The lowest BCUT2D eigenvalue weighted by molar-refractivity contribution is -0.605. The summed E-state index contributed by atoms with van der Waals surface area (Å²) >= 11 is 0. The third kappa shape index (κ3) is 4.96. The van der Waals surface area contributed by atoms with E-state index in [0.29, 0.717) is 11.4 Å². The smallest absolute Gasteiger partial charge is 0.227 e. The van der Waals surface area contributed by atoms with E-state index in [0.717, 1.165) is 82.7 Å². The van der Waals surface area contributed by atoms with Gasteiger partial charge in [0, 0.05) is 34.3 Å². The Morgan fingerprint density at radius 2 is 0.673 bits per heavy atom. The molecule has 2 N–H and O–H groups in total. The summed E-state index contributed by atoms with van der Waals surface area (Å²) < 4.78 is 1.07. The lowest BCUT2D eigenvalue weighted by atomic mass is 10.0. The van der Waals surface area contributed by atoms with Gasteiger partial charge in [-0.1, -0.05) is 121 Å². The monoisotopic (exact) mass is 630 g/mol. The van der Waals surface area contributed by atoms with Crippen molar-refractivity contribution in [2.45, 2.75) is 0 Å². The van der Waals surface area contributed by atoms with Gasteiger partial charge in [0.15, 0.2) is 0 Å². The number of hydrogen-bond acceptors (Lipinski definition) is 2. The second kappa shape index (κ2) is 11.8. The van der Waals surface area contributed by atoms with Gasteiger partial charge in [0.1, 0.15) is 0 Å². The Hall–Kier alpha value is -6.72. The Morgan fingerprint density at radius 1 is 0.367 bits per heavy atom. The summed E-state index contributed by atoms with van der Waals surface area (Å²) in [5.74, 6) is 0. The molecule has 0 amide bonds. The summed E-state index contributed by atoms with van der Waals surface area (Å²) in [6.07, 6.45) is 8.07. The first-order valence-electron chi connectivity index (χ1n) is 16.4. The molecule has 5 heteroatoms. The SMILES string of the molecule is [O-][n+]1c2c(-c3ccccc3)c3ccc([nH]3)c(-c3ccccc3)c3nc(c(-c4ccccc4)c4ccc([nH]4)c(-c4ccccc4)c1C=C2)C=C3. The lowest BCUT2D eigenvalue weighted by Gasteiger charge is -2.08. The minimum Gasteiger partial charge on any atom is -0.618 e. The van der Waals surface area contributed by atoms with Gasteiger partial charge in [-0.3, -0.25) is 0 Å². The molecule has 0 fully saturated rings. The van der Waals surface area contributed by atoms with Crippen molar-refractivity contribution < 1.29 is 4.73 Å². The third-order valence-electron chi connectivity index (χ3n) is 9.20. The van der Waals surface area contributed by atoms with Gasteiger partial charge in [0.05, 0.1) is 33.5 Å². The van der Waals surface area contributed by atoms with Crippen molar-refractivity contribution in [2.75, 3.05) is 0 Å². The van der Waals surface area contributed by atoms with E-state index in [1.54, 1.807) is 0 Å². The van der Waals surface area contributed by atoms with Crippen LogP contribution < -0.4 is 4.73 Å². The molecule has 4 aromatic carbocycles. The Morgan fingerprint density at radius 3 is 1.02 bits per heavy atom. The maximum Gasteiger partial charge on any atom is 0.227 e. The molecule has 2 aliphatic heterocycles. The molecule has 0 aliphatic carbocycles. The fourth-order valence-corrected chi connectivity index (χ4v) is 6.99. The van der Waals surface area contributed by atoms with E-state index in [9.17, 15) is 5.21 Å². The van der Waals surface area contributed by atoms with Gasteiger partial charge in [0.25, 0.3) is 0 Å². The van der Waals surface area contributed by atoms with Crippen molar-refractivity contribution in [3.63, 3.8) is 0 Å². The number of benzene rings is 4. The molecule has 5 heterocycles. The molecule has 232 valence electrons. The maximum atomic E-state index is 14.7. The summed E-state index contributed by atoms with van der Waals surface area (Å²) in [6.45, 7) is 0. The Kier molecular flexibility index (Phi) is 6.87. The van der Waals surface area contributed by atoms with E-state index in [1.165, 1.54) is 0 Å². The van der Waals surface area contributed by atoms with Crippen LogP contribution in [0.25, 0.3) is 90.9 Å². The van der Waals surface area contributed by atoms with Crippen LogP contribution in [-0.2, 0) is 0 Å². The third-order valence-corrected chi connectivity index (χ3v) is 9.20. The molecule has 0 unspecified atom stereocenters. The van der Waals surface area contributed by atoms with Crippen LogP contribution in [0.2, 0.25) is 0 Å². The highest BCUT2D eigenvalue weighted by Crippen LogP contribution is 2.37. The van der Waals surface area contributed by atoms with Crippen LogP contribution in [-0.4, -0.2) is 15.0 Å². The molecule has 0 saturated carbocycles. The summed E-state index contributed by atoms with van der Waals surface area (Å²) in [4.78, 5) is 12.8. The van der Waals surface area contributed by atoms with E-state index >= 15 is 0 Å². The molecule has 0 spiro atoms. The van der Waals surface area contributed by atoms with Gasteiger partial charge >= 0.3 is 0 Å². The lowest BCUT2D eigenvalue weighted by Crippen LogP contribution is -2.31. The van der Waals surface area contributed by atoms with Crippen molar-refractivity contribution >= 4 is 46.4 Å². The molecular formula is C44H30N4O. The largest absolute Gasteiger partial charge is 0.618 e. The molecule has 3 aromatic heterocycles. The number of aromatic amines is 2. The van der Waals surface area contributed by atoms with Crippen molar-refractivity contribution in [1.29, 1.82) is 0 Å². The first-order valence-corrected chi connectivity index (χ1v) is 16.4. The molecule has 0 atom stereocenters. The van der Waals surface area contributed by atoms with Crippen LogP contribution >= 0.6 is 0 Å². The number of fused-ring (bicyclic) bond motifs is 8. The second-order valence-corrected chi connectivity index (χ2v) is 12.1. The molecule has 5 nitrogen and oxygen atoms in total. The summed E-state index contributed by atoms with van der Waals surface area (Å²) in [6, 6.07) is 49.2.